The summed E-state index contributed by atoms with van der Waals surface area (Å²) < 4.78 is 0. The maximum atomic E-state index is 2.38. The van der Waals surface area contributed by atoms with E-state index < -0.39 is 0 Å². The summed E-state index contributed by atoms with van der Waals surface area (Å²) in [7, 11) is 0. The van der Waals surface area contributed by atoms with Gasteiger partial charge in [-0.25, -0.2) is 0 Å². The van der Waals surface area contributed by atoms with Crippen molar-refractivity contribution in [2.75, 3.05) is 0 Å². The largest absolute Gasteiger partial charge is 0.0651 e. The van der Waals surface area contributed by atoms with Gasteiger partial charge in [0.05, 0.1) is 0 Å². The Morgan fingerprint density at radius 3 is 0.769 bits per heavy atom. The van der Waals surface area contributed by atoms with Crippen LogP contribution >= 0.6 is 0 Å². The molecule has 0 aliphatic rings. The second-order valence-corrected chi connectivity index (χ2v) is 9.64. The van der Waals surface area contributed by atoms with E-state index in [-0.39, 0.29) is 0 Å². The Labute approximate surface area is 169 Å². The molecule has 0 heteroatoms. The van der Waals surface area contributed by atoms with Crippen LogP contribution in [0.25, 0.3) is 0 Å². The van der Waals surface area contributed by atoms with Crippen LogP contribution in [0.3, 0.4) is 0 Å². The molecule has 26 heavy (non-hydrogen) atoms. The smallest absolute Gasteiger partial charge is 0.0407 e. The second-order valence-electron chi connectivity index (χ2n) is 9.64. The lowest BCUT2D eigenvalue weighted by molar-refractivity contribution is 0.251. The average Bonchev–Trinajstić information content (AvgIpc) is 2.61. The molecule has 0 saturated carbocycles. The minimum atomic E-state index is 0.865. The Morgan fingerprint density at radius 1 is 0.346 bits per heavy atom. The van der Waals surface area contributed by atoms with Gasteiger partial charge >= 0.3 is 0 Å². The molecule has 0 bridgehead atoms. The maximum Gasteiger partial charge on any atom is -0.0407 e. The maximum absolute atomic E-state index is 2.38. The fourth-order valence-corrected chi connectivity index (χ4v) is 4.43. The lowest BCUT2D eigenvalue weighted by Crippen LogP contribution is -2.14. The Morgan fingerprint density at radius 2 is 0.577 bits per heavy atom. The third-order valence-electron chi connectivity index (χ3n) is 6.41. The first-order chi connectivity index (χ1) is 12.3. The van der Waals surface area contributed by atoms with Crippen molar-refractivity contribution in [2.45, 2.75) is 133 Å². The predicted octanol–water partition coefficient (Wildman–Crippen LogP) is 9.77. The Kier molecular flexibility index (Phi) is 19.9. The van der Waals surface area contributed by atoms with Crippen molar-refractivity contribution in [3.05, 3.63) is 0 Å². The molecule has 0 radical (unpaired) electrons. The molecular weight excluding hydrogens is 312 g/mol. The van der Waals surface area contributed by atoms with Crippen LogP contribution in [0.1, 0.15) is 133 Å². The van der Waals surface area contributed by atoms with E-state index in [0.29, 0.717) is 0 Å². The van der Waals surface area contributed by atoms with Crippen LogP contribution in [-0.2, 0) is 0 Å². The number of hydrogen-bond acceptors (Lipinski definition) is 0. The SMILES string of the molecule is CCC(CC)CC(C)C.CCC(CC)CC(CC(C)C)CC(CC)CC. The van der Waals surface area contributed by atoms with Crippen LogP contribution in [0.2, 0.25) is 0 Å². The standard InChI is InChI=1S/C17H36.C9H20/c1-7-15(8-2)12-17(11-14(5)6)13-16(9-3)10-4;1-5-9(6-2)7-8(3)4/h14-17H,7-13H2,1-6H3;8-9H,5-7H2,1-4H3. The van der Waals surface area contributed by atoms with Crippen LogP contribution < -0.4 is 0 Å². The number of hydrogen-bond donors (Lipinski definition) is 0. The van der Waals surface area contributed by atoms with Gasteiger partial charge < -0.3 is 0 Å². The zero-order valence-electron chi connectivity index (χ0n) is 20.5. The van der Waals surface area contributed by atoms with Crippen LogP contribution in [0.15, 0.2) is 0 Å². The third kappa shape index (κ3) is 16.2. The molecule has 0 aromatic heterocycles. The zero-order valence-corrected chi connectivity index (χ0v) is 20.5. The van der Waals surface area contributed by atoms with Crippen LogP contribution in [-0.4, -0.2) is 0 Å². The summed E-state index contributed by atoms with van der Waals surface area (Å²) in [6.45, 7) is 23.4. The van der Waals surface area contributed by atoms with Gasteiger partial charge in [0.15, 0.2) is 0 Å². The molecular formula is C26H56. The topological polar surface area (TPSA) is 0 Å². The first kappa shape index (κ1) is 28.2. The monoisotopic (exact) mass is 368 g/mol. The zero-order chi connectivity index (χ0) is 20.5. The highest BCUT2D eigenvalue weighted by atomic mass is 14.2. The molecule has 160 valence electrons. The van der Waals surface area contributed by atoms with Gasteiger partial charge in [-0.3, -0.25) is 0 Å². The van der Waals surface area contributed by atoms with Gasteiger partial charge in [0.2, 0.25) is 0 Å². The van der Waals surface area contributed by atoms with Crippen LogP contribution in [0.4, 0.5) is 0 Å². The molecule has 0 nitrogen and oxygen atoms in total. The fraction of sp³-hybridized carbons (Fsp3) is 1.00. The first-order valence-corrected chi connectivity index (χ1v) is 12.3. The molecule has 0 heterocycles. The average molecular weight is 369 g/mol. The summed E-state index contributed by atoms with van der Waals surface area (Å²) in [6, 6.07) is 0. The Balaban J connectivity index is 0. The van der Waals surface area contributed by atoms with E-state index in [4.69, 9.17) is 0 Å². The lowest BCUT2D eigenvalue weighted by atomic mass is 9.79. The molecule has 0 aromatic rings. The van der Waals surface area contributed by atoms with Gasteiger partial charge in [-0.15, -0.1) is 0 Å². The molecule has 0 aliphatic carbocycles. The van der Waals surface area contributed by atoms with Gasteiger partial charge in [0.25, 0.3) is 0 Å². The van der Waals surface area contributed by atoms with Gasteiger partial charge in [-0.2, -0.15) is 0 Å². The lowest BCUT2D eigenvalue weighted by Gasteiger charge is -2.27. The molecule has 0 rings (SSSR count). The molecule has 0 fully saturated rings. The first-order valence-electron chi connectivity index (χ1n) is 12.3. The summed E-state index contributed by atoms with van der Waals surface area (Å²) >= 11 is 0. The van der Waals surface area contributed by atoms with Crippen LogP contribution in [0.5, 0.6) is 0 Å². The molecule has 0 aromatic carbocycles. The molecule has 0 spiro atoms. The van der Waals surface area contributed by atoms with Crippen molar-refractivity contribution in [1.82, 2.24) is 0 Å². The molecule has 0 aliphatic heterocycles. The Bertz CT molecular complexity index is 239. The van der Waals surface area contributed by atoms with E-state index in [1.54, 1.807) is 0 Å². The minimum absolute atomic E-state index is 0.865. The summed E-state index contributed by atoms with van der Waals surface area (Å²) in [5.74, 6) is 5.63. The van der Waals surface area contributed by atoms with Crippen molar-refractivity contribution in [1.29, 1.82) is 0 Å². The van der Waals surface area contributed by atoms with E-state index in [1.807, 2.05) is 0 Å². The Hall–Kier alpha value is 0. The van der Waals surface area contributed by atoms with E-state index >= 15 is 0 Å². The van der Waals surface area contributed by atoms with E-state index in [9.17, 15) is 0 Å². The quantitative estimate of drug-likeness (QED) is 0.286. The van der Waals surface area contributed by atoms with Gasteiger partial charge in [-0.05, 0) is 61.2 Å². The van der Waals surface area contributed by atoms with Gasteiger partial charge in [0.1, 0.15) is 0 Å². The van der Waals surface area contributed by atoms with Crippen molar-refractivity contribution in [3.63, 3.8) is 0 Å². The molecule has 0 atom stereocenters. The van der Waals surface area contributed by atoms with E-state index in [2.05, 4.69) is 69.2 Å². The highest BCUT2D eigenvalue weighted by Crippen LogP contribution is 2.31. The van der Waals surface area contributed by atoms with Crippen LogP contribution in [0, 0.1) is 35.5 Å². The third-order valence-corrected chi connectivity index (χ3v) is 6.41. The molecule has 0 N–H and O–H groups in total. The molecule has 0 saturated heterocycles. The van der Waals surface area contributed by atoms with E-state index in [0.717, 1.165) is 35.5 Å². The second kappa shape index (κ2) is 18.4. The summed E-state index contributed by atoms with van der Waals surface area (Å²) in [4.78, 5) is 0. The predicted molar refractivity (Wildman–Crippen MR) is 124 cm³/mol. The van der Waals surface area contributed by atoms with Crippen molar-refractivity contribution >= 4 is 0 Å². The normalized spacial score (nSPS) is 12.0. The summed E-state index contributed by atoms with van der Waals surface area (Å²) in [5, 5.41) is 0. The van der Waals surface area contributed by atoms with Crippen molar-refractivity contribution < 1.29 is 0 Å². The number of rotatable bonds is 14. The molecule has 0 unspecified atom stereocenters. The van der Waals surface area contributed by atoms with Crippen molar-refractivity contribution in [3.8, 4) is 0 Å². The highest BCUT2D eigenvalue weighted by molar-refractivity contribution is 4.70. The van der Waals surface area contributed by atoms with Gasteiger partial charge in [0, 0.05) is 0 Å². The van der Waals surface area contributed by atoms with Gasteiger partial charge in [-0.1, -0.05) is 108 Å². The molecule has 0 amide bonds. The fourth-order valence-electron chi connectivity index (χ4n) is 4.43. The highest BCUT2D eigenvalue weighted by Gasteiger charge is 2.18. The minimum Gasteiger partial charge on any atom is -0.0651 e. The summed E-state index contributed by atoms with van der Waals surface area (Å²) in [6.07, 6.45) is 14.0. The summed E-state index contributed by atoms with van der Waals surface area (Å²) in [5.41, 5.74) is 0. The van der Waals surface area contributed by atoms with Crippen molar-refractivity contribution in [2.24, 2.45) is 35.5 Å². The van der Waals surface area contributed by atoms with E-state index in [1.165, 1.54) is 64.2 Å².